The van der Waals surface area contributed by atoms with Crippen LogP contribution in [0.3, 0.4) is 0 Å². The van der Waals surface area contributed by atoms with E-state index < -0.39 is 0 Å². The van der Waals surface area contributed by atoms with Crippen LogP contribution in [0.5, 0.6) is 0 Å². The molecule has 0 radical (unpaired) electrons. The van der Waals surface area contributed by atoms with Crippen molar-refractivity contribution in [1.29, 1.82) is 0 Å². The fourth-order valence-corrected chi connectivity index (χ4v) is 4.27. The molecule has 0 unspecified atom stereocenters. The zero-order valence-electron chi connectivity index (χ0n) is 15.8. The highest BCUT2D eigenvalue weighted by molar-refractivity contribution is 5.79. The number of aliphatic imine (C=N–C) groups is 1. The molecule has 0 bridgehead atoms. The van der Waals surface area contributed by atoms with E-state index in [-0.39, 0.29) is 0 Å². The van der Waals surface area contributed by atoms with Crippen LogP contribution in [-0.4, -0.2) is 78.9 Å². The topological polar surface area (TPSA) is 65.2 Å². The maximum Gasteiger partial charge on any atom is 0.225 e. The Hall–Kier alpha value is -1.30. The van der Waals surface area contributed by atoms with Gasteiger partial charge in [-0.15, -0.1) is 0 Å². The fraction of sp³-hybridized carbons (Fsp3) is 0.895. The lowest BCUT2D eigenvalue weighted by atomic mass is 10.00. The summed E-state index contributed by atoms with van der Waals surface area (Å²) in [7, 11) is 0. The summed E-state index contributed by atoms with van der Waals surface area (Å²) in [4.78, 5) is 23.8. The largest absolute Gasteiger partial charge is 0.370 e. The molecule has 1 aliphatic carbocycles. The van der Waals surface area contributed by atoms with Crippen LogP contribution in [0, 0.1) is 11.8 Å². The minimum Gasteiger partial charge on any atom is -0.370 e. The van der Waals surface area contributed by atoms with Crippen LogP contribution in [-0.2, 0) is 4.79 Å². The molecule has 6 nitrogen and oxygen atoms in total. The van der Waals surface area contributed by atoms with Crippen molar-refractivity contribution in [3.05, 3.63) is 0 Å². The molecule has 3 rings (SSSR count). The molecule has 0 spiro atoms. The first kappa shape index (κ1) is 18.5. The summed E-state index contributed by atoms with van der Waals surface area (Å²) in [6.45, 7) is 9.77. The number of carbonyl (C=O) groups is 1. The van der Waals surface area contributed by atoms with Gasteiger partial charge >= 0.3 is 0 Å². The van der Waals surface area contributed by atoms with Gasteiger partial charge in [0, 0.05) is 51.7 Å². The summed E-state index contributed by atoms with van der Waals surface area (Å²) in [5.41, 5.74) is 6.15. The van der Waals surface area contributed by atoms with Crippen LogP contribution in [0.25, 0.3) is 0 Å². The minimum absolute atomic E-state index is 0.309. The maximum absolute atomic E-state index is 12.5. The summed E-state index contributed by atoms with van der Waals surface area (Å²) < 4.78 is 0. The number of nitrogens with two attached hydrogens (primary N) is 1. The smallest absolute Gasteiger partial charge is 0.225 e. The first-order chi connectivity index (χ1) is 12.1. The van der Waals surface area contributed by atoms with Gasteiger partial charge in [-0.25, -0.2) is 0 Å². The van der Waals surface area contributed by atoms with Crippen LogP contribution in [0.15, 0.2) is 4.99 Å². The summed E-state index contributed by atoms with van der Waals surface area (Å²) in [6, 6.07) is 0. The summed E-state index contributed by atoms with van der Waals surface area (Å²) >= 11 is 0. The highest BCUT2D eigenvalue weighted by atomic mass is 16.2. The van der Waals surface area contributed by atoms with Crippen LogP contribution in [0.2, 0.25) is 0 Å². The SMILES string of the molecule is CC1CCN(C(N)=NCCN2CCN(C(=O)C3CCCC3)CC2)CC1. The molecule has 2 N–H and O–H groups in total. The van der Waals surface area contributed by atoms with E-state index in [0.717, 1.165) is 71.1 Å². The van der Waals surface area contributed by atoms with E-state index in [1.54, 1.807) is 0 Å². The molecule has 142 valence electrons. The van der Waals surface area contributed by atoms with Crippen molar-refractivity contribution in [2.75, 3.05) is 52.4 Å². The third-order valence-corrected chi connectivity index (χ3v) is 6.19. The van der Waals surface area contributed by atoms with Gasteiger partial charge in [-0.3, -0.25) is 14.7 Å². The van der Waals surface area contributed by atoms with Crippen molar-refractivity contribution in [1.82, 2.24) is 14.7 Å². The average Bonchev–Trinajstić information content (AvgIpc) is 3.17. The molecule has 0 aromatic rings. The third kappa shape index (κ3) is 5.09. The summed E-state index contributed by atoms with van der Waals surface area (Å²) in [5.74, 6) is 2.23. The Morgan fingerprint density at radius 3 is 2.24 bits per heavy atom. The highest BCUT2D eigenvalue weighted by Crippen LogP contribution is 2.26. The number of hydrogen-bond acceptors (Lipinski definition) is 3. The molecule has 1 amide bonds. The van der Waals surface area contributed by atoms with Crippen molar-refractivity contribution in [2.45, 2.75) is 45.4 Å². The number of piperazine rings is 1. The normalized spacial score (nSPS) is 24.9. The first-order valence-corrected chi connectivity index (χ1v) is 10.2. The molecule has 3 aliphatic rings. The van der Waals surface area contributed by atoms with Gasteiger partial charge in [0.2, 0.25) is 5.91 Å². The minimum atomic E-state index is 0.309. The zero-order chi connectivity index (χ0) is 17.6. The molecule has 0 aromatic heterocycles. The van der Waals surface area contributed by atoms with Crippen molar-refractivity contribution >= 4 is 11.9 Å². The molecule has 2 saturated heterocycles. The number of carbonyl (C=O) groups excluding carboxylic acids is 1. The van der Waals surface area contributed by atoms with Crippen molar-refractivity contribution < 1.29 is 4.79 Å². The van der Waals surface area contributed by atoms with Crippen LogP contribution < -0.4 is 5.73 Å². The fourth-order valence-electron chi connectivity index (χ4n) is 4.27. The average molecular weight is 350 g/mol. The molecule has 1 saturated carbocycles. The van der Waals surface area contributed by atoms with Gasteiger partial charge in [0.1, 0.15) is 0 Å². The molecule has 2 aliphatic heterocycles. The van der Waals surface area contributed by atoms with Crippen molar-refractivity contribution in [3.63, 3.8) is 0 Å². The predicted octanol–water partition coefficient (Wildman–Crippen LogP) is 1.37. The monoisotopic (exact) mass is 349 g/mol. The van der Waals surface area contributed by atoms with E-state index in [4.69, 9.17) is 5.73 Å². The van der Waals surface area contributed by atoms with E-state index in [1.807, 2.05) is 0 Å². The Labute approximate surface area is 152 Å². The number of piperidine rings is 1. The Balaban J connectivity index is 1.35. The second-order valence-electron chi connectivity index (χ2n) is 8.06. The molecule has 2 heterocycles. The zero-order valence-corrected chi connectivity index (χ0v) is 15.8. The van der Waals surface area contributed by atoms with Crippen molar-refractivity contribution in [2.24, 2.45) is 22.6 Å². The second-order valence-corrected chi connectivity index (χ2v) is 8.06. The van der Waals surface area contributed by atoms with Gasteiger partial charge in [-0.05, 0) is 31.6 Å². The molecule has 0 aromatic carbocycles. The molecule has 25 heavy (non-hydrogen) atoms. The standard InChI is InChI=1S/C19H35N5O/c1-16-6-9-24(10-7-16)19(20)21-8-11-22-12-14-23(15-13-22)18(25)17-4-2-3-5-17/h16-17H,2-15H2,1H3,(H2,20,21). The van der Waals surface area contributed by atoms with Crippen LogP contribution >= 0.6 is 0 Å². The number of likely N-dealkylation sites (tertiary alicyclic amines) is 1. The Bertz CT molecular complexity index is 458. The number of rotatable bonds is 4. The van der Waals surface area contributed by atoms with E-state index in [2.05, 4.69) is 26.6 Å². The Kier molecular flexibility index (Phi) is 6.57. The lowest BCUT2D eigenvalue weighted by molar-refractivity contribution is -0.137. The Morgan fingerprint density at radius 2 is 1.60 bits per heavy atom. The van der Waals surface area contributed by atoms with Gasteiger partial charge in [-0.2, -0.15) is 0 Å². The van der Waals surface area contributed by atoms with Crippen LogP contribution in [0.1, 0.15) is 45.4 Å². The number of guanidine groups is 1. The van der Waals surface area contributed by atoms with Gasteiger partial charge < -0.3 is 15.5 Å². The molecular weight excluding hydrogens is 314 g/mol. The first-order valence-electron chi connectivity index (χ1n) is 10.2. The van der Waals surface area contributed by atoms with Gasteiger partial charge in [0.25, 0.3) is 0 Å². The summed E-state index contributed by atoms with van der Waals surface area (Å²) in [5, 5.41) is 0. The Morgan fingerprint density at radius 1 is 0.960 bits per heavy atom. The summed E-state index contributed by atoms with van der Waals surface area (Å²) in [6.07, 6.45) is 7.09. The maximum atomic E-state index is 12.5. The molecular formula is C19H35N5O. The predicted molar refractivity (Wildman–Crippen MR) is 101 cm³/mol. The van der Waals surface area contributed by atoms with Gasteiger partial charge in [0.15, 0.2) is 5.96 Å². The highest BCUT2D eigenvalue weighted by Gasteiger charge is 2.29. The molecule has 0 atom stereocenters. The van der Waals surface area contributed by atoms with E-state index in [9.17, 15) is 4.79 Å². The lowest BCUT2D eigenvalue weighted by Crippen LogP contribution is -2.50. The number of nitrogens with zero attached hydrogens (tertiary/aromatic N) is 4. The number of amides is 1. The number of hydrogen-bond donors (Lipinski definition) is 1. The van der Waals surface area contributed by atoms with E-state index in [1.165, 1.54) is 25.7 Å². The van der Waals surface area contributed by atoms with E-state index in [0.29, 0.717) is 17.8 Å². The molecule has 3 fully saturated rings. The van der Waals surface area contributed by atoms with Crippen LogP contribution in [0.4, 0.5) is 0 Å². The second kappa shape index (κ2) is 8.88. The van der Waals surface area contributed by atoms with E-state index >= 15 is 0 Å². The lowest BCUT2D eigenvalue weighted by Gasteiger charge is -2.36. The van der Waals surface area contributed by atoms with Crippen molar-refractivity contribution in [3.8, 4) is 0 Å². The quantitative estimate of drug-likeness (QED) is 0.615. The van der Waals surface area contributed by atoms with Gasteiger partial charge in [0.05, 0.1) is 6.54 Å². The molecule has 6 heteroatoms. The third-order valence-electron chi connectivity index (χ3n) is 6.19. The van der Waals surface area contributed by atoms with Gasteiger partial charge in [-0.1, -0.05) is 19.8 Å².